The fourth-order valence-corrected chi connectivity index (χ4v) is 6.31. The van der Waals surface area contributed by atoms with Crippen LogP contribution in [0.2, 0.25) is 0 Å². The summed E-state index contributed by atoms with van der Waals surface area (Å²) in [5, 5.41) is 0. The van der Waals surface area contributed by atoms with Crippen molar-refractivity contribution >= 4 is 0 Å². The van der Waals surface area contributed by atoms with Crippen molar-refractivity contribution in [2.45, 2.75) is 5.41 Å². The summed E-state index contributed by atoms with van der Waals surface area (Å²) in [6.07, 6.45) is 7.23. The predicted molar refractivity (Wildman–Crippen MR) is 193 cm³/mol. The Kier molecular flexibility index (Phi) is 11.4. The summed E-state index contributed by atoms with van der Waals surface area (Å²) in [6.45, 7) is 0. The standard InChI is InChI=1S/C45H28N4.2Pt/c1-5-25-46-41(21-1)33-13-9-17-37(29-33)45(38-18-10-14-34(30-38)42-22-2-6-26-47-42,39-19-11-15-35(31-39)43-23-3-7-27-48-43)40-20-12-16-36(32-40)44-24-4-8-28-49-44;;/h1-28H;;/q-4;2*+2. The molecule has 4 heterocycles. The zero-order valence-electron chi connectivity index (χ0n) is 27.1. The van der Waals surface area contributed by atoms with Crippen molar-refractivity contribution in [1.29, 1.82) is 0 Å². The molecule has 0 bridgehead atoms. The molecular weight excluding hydrogens is 987 g/mol. The number of nitrogens with zero attached hydrogens (tertiary/aromatic N) is 4. The topological polar surface area (TPSA) is 51.6 Å². The smallest absolute Gasteiger partial charge is 0.305 e. The Morgan fingerprint density at radius 1 is 0.294 bits per heavy atom. The van der Waals surface area contributed by atoms with Gasteiger partial charge >= 0.3 is 42.1 Å². The maximum Gasteiger partial charge on any atom is 2.00 e. The average Bonchev–Trinajstić information content (AvgIpc) is 3.20. The van der Waals surface area contributed by atoms with Gasteiger partial charge in [-0.3, -0.25) is 0 Å². The van der Waals surface area contributed by atoms with Crippen LogP contribution in [0.1, 0.15) is 22.3 Å². The van der Waals surface area contributed by atoms with Crippen molar-refractivity contribution in [3.63, 3.8) is 0 Å². The Morgan fingerprint density at radius 3 is 0.765 bits per heavy atom. The molecule has 4 aromatic carbocycles. The van der Waals surface area contributed by atoms with Crippen LogP contribution in [-0.2, 0) is 47.5 Å². The molecule has 0 amide bonds. The van der Waals surface area contributed by atoms with Crippen molar-refractivity contribution in [3.05, 3.63) is 217 Å². The first-order valence-corrected chi connectivity index (χ1v) is 16.1. The number of pyridine rings is 4. The molecule has 0 atom stereocenters. The summed E-state index contributed by atoms with van der Waals surface area (Å²) in [6, 6.07) is 63.9. The Hall–Kier alpha value is -5.14. The number of hydrogen-bond donors (Lipinski definition) is 0. The Labute approximate surface area is 327 Å². The molecule has 0 saturated heterocycles. The van der Waals surface area contributed by atoms with Gasteiger partial charge in [-0.15, -0.1) is 142 Å². The molecular formula is C45H28N4Pt2. The molecule has 248 valence electrons. The summed E-state index contributed by atoms with van der Waals surface area (Å²) in [5.41, 5.74) is 9.47. The normalized spacial score (nSPS) is 10.8. The van der Waals surface area contributed by atoms with Gasteiger partial charge in [0.25, 0.3) is 0 Å². The van der Waals surface area contributed by atoms with Crippen LogP contribution in [0, 0.1) is 24.3 Å². The summed E-state index contributed by atoms with van der Waals surface area (Å²) in [5.74, 6) is 0. The van der Waals surface area contributed by atoms with E-state index in [2.05, 4.69) is 92.7 Å². The molecule has 0 unspecified atom stereocenters. The van der Waals surface area contributed by atoms with Crippen LogP contribution in [0.4, 0.5) is 0 Å². The Bertz CT molecular complexity index is 2000. The molecule has 8 rings (SSSR count). The van der Waals surface area contributed by atoms with E-state index in [1.165, 1.54) is 0 Å². The van der Waals surface area contributed by atoms with E-state index in [0.717, 1.165) is 67.3 Å². The minimum absolute atomic E-state index is 0. The minimum Gasteiger partial charge on any atom is -0.305 e. The average molecular weight is 1010 g/mol. The molecule has 0 radical (unpaired) electrons. The largest absolute Gasteiger partial charge is 2.00 e. The van der Waals surface area contributed by atoms with E-state index in [4.69, 9.17) is 0 Å². The van der Waals surface area contributed by atoms with Gasteiger partial charge in [0.2, 0.25) is 0 Å². The zero-order valence-corrected chi connectivity index (χ0v) is 31.6. The maximum absolute atomic E-state index is 4.67. The molecule has 51 heavy (non-hydrogen) atoms. The molecule has 0 aliphatic carbocycles. The molecule has 8 aromatic rings. The van der Waals surface area contributed by atoms with Crippen LogP contribution < -0.4 is 0 Å². The summed E-state index contributed by atoms with van der Waals surface area (Å²) in [4.78, 5) is 18.7. The number of aromatic nitrogens is 4. The molecule has 0 spiro atoms. The monoisotopic (exact) mass is 1010 g/mol. The maximum atomic E-state index is 4.67. The molecule has 4 aromatic heterocycles. The van der Waals surface area contributed by atoms with E-state index in [9.17, 15) is 0 Å². The van der Waals surface area contributed by atoms with E-state index in [-0.39, 0.29) is 42.1 Å². The van der Waals surface area contributed by atoms with Gasteiger partial charge in [0.05, 0.1) is 0 Å². The van der Waals surface area contributed by atoms with Crippen LogP contribution in [-0.4, -0.2) is 19.9 Å². The van der Waals surface area contributed by atoms with Gasteiger partial charge in [0.15, 0.2) is 0 Å². The first kappa shape index (κ1) is 35.7. The van der Waals surface area contributed by atoms with Gasteiger partial charge in [-0.25, -0.2) is 0 Å². The van der Waals surface area contributed by atoms with Crippen LogP contribution in [0.25, 0.3) is 45.0 Å². The van der Waals surface area contributed by atoms with Crippen LogP contribution in [0.3, 0.4) is 0 Å². The molecule has 0 aliphatic heterocycles. The van der Waals surface area contributed by atoms with Gasteiger partial charge < -0.3 is 19.9 Å². The van der Waals surface area contributed by atoms with E-state index < -0.39 is 5.41 Å². The summed E-state index contributed by atoms with van der Waals surface area (Å²) < 4.78 is 0. The summed E-state index contributed by atoms with van der Waals surface area (Å²) >= 11 is 0. The third-order valence-electron chi connectivity index (χ3n) is 8.56. The predicted octanol–water partition coefficient (Wildman–Crippen LogP) is 9.51. The molecule has 0 fully saturated rings. The van der Waals surface area contributed by atoms with Crippen LogP contribution in [0.5, 0.6) is 0 Å². The Morgan fingerprint density at radius 2 is 0.549 bits per heavy atom. The van der Waals surface area contributed by atoms with Crippen molar-refractivity contribution < 1.29 is 42.1 Å². The van der Waals surface area contributed by atoms with Crippen molar-refractivity contribution in [2.24, 2.45) is 0 Å². The SMILES string of the molecule is [Pt+2].[Pt+2].[c-]1c(-c2ccccn2)cccc1C(c1[c-]c(-c2ccccn2)ccc1)(c1[c-]c(-c2ccccn2)ccc1)c1[c-]c(-c2ccccn2)ccc1. The fraction of sp³-hybridized carbons (Fsp3) is 0.0222. The van der Waals surface area contributed by atoms with Crippen LogP contribution >= 0.6 is 0 Å². The molecule has 4 nitrogen and oxygen atoms in total. The van der Waals surface area contributed by atoms with Crippen molar-refractivity contribution in [3.8, 4) is 45.0 Å². The minimum atomic E-state index is -0.981. The molecule has 0 aliphatic rings. The number of rotatable bonds is 8. The molecule has 0 saturated carbocycles. The van der Waals surface area contributed by atoms with Gasteiger partial charge in [-0.1, -0.05) is 48.5 Å². The third kappa shape index (κ3) is 7.22. The summed E-state index contributed by atoms with van der Waals surface area (Å²) in [7, 11) is 0. The first-order chi connectivity index (χ1) is 24.3. The van der Waals surface area contributed by atoms with Crippen molar-refractivity contribution in [2.75, 3.05) is 0 Å². The number of hydrogen-bond acceptors (Lipinski definition) is 4. The van der Waals surface area contributed by atoms with E-state index in [0.29, 0.717) is 0 Å². The van der Waals surface area contributed by atoms with Crippen LogP contribution in [0.15, 0.2) is 170 Å². The molecule has 6 heteroatoms. The van der Waals surface area contributed by atoms with Crippen molar-refractivity contribution in [1.82, 2.24) is 19.9 Å². The van der Waals surface area contributed by atoms with Gasteiger partial charge in [0, 0.05) is 30.2 Å². The zero-order chi connectivity index (χ0) is 32.9. The third-order valence-corrected chi connectivity index (χ3v) is 8.56. The van der Waals surface area contributed by atoms with Gasteiger partial charge in [0.1, 0.15) is 0 Å². The second-order valence-corrected chi connectivity index (χ2v) is 11.5. The quantitative estimate of drug-likeness (QED) is 0.113. The second-order valence-electron chi connectivity index (χ2n) is 11.5. The van der Waals surface area contributed by atoms with E-state index in [1.807, 2.05) is 97.1 Å². The van der Waals surface area contributed by atoms with E-state index in [1.54, 1.807) is 24.8 Å². The van der Waals surface area contributed by atoms with E-state index >= 15 is 0 Å². The second kappa shape index (κ2) is 16.3. The van der Waals surface area contributed by atoms with Gasteiger partial charge in [-0.2, -0.15) is 0 Å². The van der Waals surface area contributed by atoms with Gasteiger partial charge in [-0.05, 0) is 47.0 Å². The molecule has 0 N–H and O–H groups in total. The first-order valence-electron chi connectivity index (χ1n) is 16.1. The Balaban J connectivity index is 0.00000224. The fourth-order valence-electron chi connectivity index (χ4n) is 6.31. The number of benzene rings is 4.